The third kappa shape index (κ3) is 5.00. The lowest BCUT2D eigenvalue weighted by Crippen LogP contribution is -2.40. The van der Waals surface area contributed by atoms with Crippen molar-refractivity contribution in [2.45, 2.75) is 38.5 Å². The van der Waals surface area contributed by atoms with E-state index in [-0.39, 0.29) is 30.5 Å². The first-order valence-electron chi connectivity index (χ1n) is 7.92. The zero-order valence-corrected chi connectivity index (χ0v) is 14.5. The molecule has 130 valence electrons. The van der Waals surface area contributed by atoms with Crippen LogP contribution in [0.2, 0.25) is 0 Å². The number of carbonyl (C=O) groups is 1. The third-order valence-electron chi connectivity index (χ3n) is 3.90. The SMILES string of the molecule is CCOC(=O)CCCS(=O)(=O)N1CCCC(c2cn(C)nn2)C1. The molecular weight excluding hydrogens is 320 g/mol. The smallest absolute Gasteiger partial charge is 0.305 e. The lowest BCUT2D eigenvalue weighted by molar-refractivity contribution is -0.143. The van der Waals surface area contributed by atoms with Crippen LogP contribution in [0.15, 0.2) is 6.20 Å². The summed E-state index contributed by atoms with van der Waals surface area (Å²) in [5, 5.41) is 8.00. The number of hydrogen-bond donors (Lipinski definition) is 0. The number of nitrogens with zero attached hydrogens (tertiary/aromatic N) is 4. The number of piperidine rings is 1. The quantitative estimate of drug-likeness (QED) is 0.675. The molecule has 1 aromatic rings. The summed E-state index contributed by atoms with van der Waals surface area (Å²) in [6.45, 7) is 3.01. The number of rotatable bonds is 7. The van der Waals surface area contributed by atoms with Gasteiger partial charge in [-0.25, -0.2) is 12.7 Å². The number of esters is 1. The van der Waals surface area contributed by atoms with E-state index in [9.17, 15) is 13.2 Å². The van der Waals surface area contributed by atoms with E-state index < -0.39 is 10.0 Å². The number of hydrogen-bond acceptors (Lipinski definition) is 6. The normalized spacial score (nSPS) is 19.7. The molecule has 0 radical (unpaired) electrons. The Balaban J connectivity index is 1.90. The summed E-state index contributed by atoms with van der Waals surface area (Å²) < 4.78 is 32.8. The average Bonchev–Trinajstić information content (AvgIpc) is 2.94. The van der Waals surface area contributed by atoms with Crippen molar-refractivity contribution in [2.24, 2.45) is 7.05 Å². The second-order valence-corrected chi connectivity index (χ2v) is 7.83. The molecular formula is C14H24N4O4S. The molecule has 2 heterocycles. The van der Waals surface area contributed by atoms with Gasteiger partial charge in [0, 0.05) is 38.7 Å². The van der Waals surface area contributed by atoms with Crippen molar-refractivity contribution in [3.05, 3.63) is 11.9 Å². The minimum Gasteiger partial charge on any atom is -0.466 e. The van der Waals surface area contributed by atoms with Crippen LogP contribution in [0.4, 0.5) is 0 Å². The van der Waals surface area contributed by atoms with Crippen LogP contribution in [0, 0.1) is 0 Å². The highest BCUT2D eigenvalue weighted by atomic mass is 32.2. The highest BCUT2D eigenvalue weighted by molar-refractivity contribution is 7.89. The van der Waals surface area contributed by atoms with Gasteiger partial charge in [-0.2, -0.15) is 0 Å². The number of ether oxygens (including phenoxy) is 1. The van der Waals surface area contributed by atoms with Gasteiger partial charge in [-0.05, 0) is 26.2 Å². The maximum Gasteiger partial charge on any atom is 0.305 e. The van der Waals surface area contributed by atoms with Crippen molar-refractivity contribution in [3.63, 3.8) is 0 Å². The first-order chi connectivity index (χ1) is 10.9. The van der Waals surface area contributed by atoms with Crippen LogP contribution in [0.25, 0.3) is 0 Å². The Morgan fingerprint density at radius 3 is 2.91 bits per heavy atom. The first kappa shape index (κ1) is 17.9. The molecule has 0 N–H and O–H groups in total. The Hall–Kier alpha value is -1.48. The van der Waals surface area contributed by atoms with Crippen LogP contribution < -0.4 is 0 Å². The van der Waals surface area contributed by atoms with E-state index >= 15 is 0 Å². The van der Waals surface area contributed by atoms with Crippen LogP contribution in [-0.2, 0) is 26.6 Å². The maximum atomic E-state index is 12.4. The Morgan fingerprint density at radius 1 is 1.48 bits per heavy atom. The maximum absolute atomic E-state index is 12.4. The van der Waals surface area contributed by atoms with Crippen LogP contribution in [0.5, 0.6) is 0 Å². The van der Waals surface area contributed by atoms with Crippen molar-refractivity contribution in [1.82, 2.24) is 19.3 Å². The van der Waals surface area contributed by atoms with Crippen molar-refractivity contribution >= 4 is 16.0 Å². The summed E-state index contributed by atoms with van der Waals surface area (Å²) in [7, 11) is -1.56. The van der Waals surface area contributed by atoms with Crippen LogP contribution >= 0.6 is 0 Å². The molecule has 0 aromatic carbocycles. The molecule has 0 spiro atoms. The van der Waals surface area contributed by atoms with Crippen molar-refractivity contribution < 1.29 is 17.9 Å². The van der Waals surface area contributed by atoms with Gasteiger partial charge in [0.25, 0.3) is 0 Å². The number of sulfonamides is 1. The molecule has 9 heteroatoms. The van der Waals surface area contributed by atoms with E-state index in [4.69, 9.17) is 4.74 Å². The average molecular weight is 344 g/mol. The molecule has 1 aliphatic rings. The summed E-state index contributed by atoms with van der Waals surface area (Å²) in [4.78, 5) is 11.3. The molecule has 1 atom stereocenters. The molecule has 0 aliphatic carbocycles. The second kappa shape index (κ2) is 7.87. The third-order valence-corrected chi connectivity index (χ3v) is 5.83. The van der Waals surface area contributed by atoms with Crippen LogP contribution in [0.3, 0.4) is 0 Å². The zero-order chi connectivity index (χ0) is 16.9. The molecule has 0 amide bonds. The largest absolute Gasteiger partial charge is 0.466 e. The van der Waals surface area contributed by atoms with Gasteiger partial charge in [0.05, 0.1) is 18.1 Å². The predicted octanol–water partition coefficient (Wildman–Crippen LogP) is 0.668. The van der Waals surface area contributed by atoms with E-state index in [1.165, 1.54) is 4.31 Å². The van der Waals surface area contributed by atoms with E-state index in [0.29, 0.717) is 19.7 Å². The Morgan fingerprint density at radius 2 is 2.26 bits per heavy atom. The van der Waals surface area contributed by atoms with Crippen LogP contribution in [-0.4, -0.2) is 59.1 Å². The molecule has 0 bridgehead atoms. The summed E-state index contributed by atoms with van der Waals surface area (Å²) in [6.07, 6.45) is 3.97. The minimum atomic E-state index is -3.36. The molecule has 1 fully saturated rings. The monoisotopic (exact) mass is 344 g/mol. The van der Waals surface area contributed by atoms with Gasteiger partial charge in [0.15, 0.2) is 0 Å². The topological polar surface area (TPSA) is 94.4 Å². The fraction of sp³-hybridized carbons (Fsp3) is 0.786. The Bertz CT molecular complexity index is 628. The molecule has 2 rings (SSSR count). The summed E-state index contributed by atoms with van der Waals surface area (Å²) >= 11 is 0. The van der Waals surface area contributed by atoms with E-state index in [1.54, 1.807) is 18.7 Å². The molecule has 1 unspecified atom stereocenters. The van der Waals surface area contributed by atoms with E-state index in [2.05, 4.69) is 10.3 Å². The Labute approximate surface area is 136 Å². The number of carbonyl (C=O) groups excluding carboxylic acids is 1. The predicted molar refractivity (Wildman–Crippen MR) is 84.2 cm³/mol. The highest BCUT2D eigenvalue weighted by Crippen LogP contribution is 2.27. The number of aromatic nitrogens is 3. The van der Waals surface area contributed by atoms with Gasteiger partial charge >= 0.3 is 5.97 Å². The molecule has 0 saturated carbocycles. The van der Waals surface area contributed by atoms with Crippen molar-refractivity contribution in [1.29, 1.82) is 0 Å². The van der Waals surface area contributed by atoms with Gasteiger partial charge < -0.3 is 4.74 Å². The molecule has 1 aromatic heterocycles. The second-order valence-electron chi connectivity index (χ2n) is 5.74. The van der Waals surface area contributed by atoms with E-state index in [0.717, 1.165) is 18.5 Å². The van der Waals surface area contributed by atoms with Crippen LogP contribution in [0.1, 0.15) is 44.2 Å². The molecule has 8 nitrogen and oxygen atoms in total. The standard InChI is InChI=1S/C14H24N4O4S/c1-3-22-14(19)7-5-9-23(20,21)18-8-4-6-12(10-18)13-11-17(2)16-15-13/h11-12H,3-10H2,1-2H3. The van der Waals surface area contributed by atoms with Crippen molar-refractivity contribution in [3.8, 4) is 0 Å². The van der Waals surface area contributed by atoms with Gasteiger partial charge in [-0.15, -0.1) is 5.10 Å². The summed E-state index contributed by atoms with van der Waals surface area (Å²) in [6, 6.07) is 0. The molecule has 1 aliphatic heterocycles. The van der Waals surface area contributed by atoms with Gasteiger partial charge in [-0.3, -0.25) is 9.48 Å². The van der Waals surface area contributed by atoms with E-state index in [1.807, 2.05) is 6.20 Å². The first-order valence-corrected chi connectivity index (χ1v) is 9.53. The lowest BCUT2D eigenvalue weighted by Gasteiger charge is -2.30. The lowest BCUT2D eigenvalue weighted by atomic mass is 9.97. The fourth-order valence-corrected chi connectivity index (χ4v) is 4.33. The molecule has 1 saturated heterocycles. The van der Waals surface area contributed by atoms with Crippen molar-refractivity contribution in [2.75, 3.05) is 25.4 Å². The minimum absolute atomic E-state index is 0.0288. The van der Waals surface area contributed by atoms with Gasteiger partial charge in [0.1, 0.15) is 0 Å². The van der Waals surface area contributed by atoms with Gasteiger partial charge in [0.2, 0.25) is 10.0 Å². The fourth-order valence-electron chi connectivity index (χ4n) is 2.75. The van der Waals surface area contributed by atoms with Gasteiger partial charge in [-0.1, -0.05) is 5.21 Å². The number of aryl methyl sites for hydroxylation is 1. The summed E-state index contributed by atoms with van der Waals surface area (Å²) in [5.41, 5.74) is 0.832. The summed E-state index contributed by atoms with van der Waals surface area (Å²) in [5.74, 6) is -0.296. The zero-order valence-electron chi connectivity index (χ0n) is 13.6. The highest BCUT2D eigenvalue weighted by Gasteiger charge is 2.30. The molecule has 23 heavy (non-hydrogen) atoms. The Kier molecular flexibility index (Phi) is 6.11.